The Hall–Kier alpha value is -3.01. The van der Waals surface area contributed by atoms with E-state index in [1.54, 1.807) is 0 Å². The van der Waals surface area contributed by atoms with Gasteiger partial charge < -0.3 is 15.2 Å². The molecule has 0 saturated carbocycles. The van der Waals surface area contributed by atoms with Crippen LogP contribution >= 0.6 is 0 Å². The van der Waals surface area contributed by atoms with Crippen LogP contribution in [0.15, 0.2) is 54.6 Å². The molecule has 0 aliphatic carbocycles. The fraction of sp³-hybridized carbons (Fsp3) is 0.261. The highest BCUT2D eigenvalue weighted by molar-refractivity contribution is 5.89. The summed E-state index contributed by atoms with van der Waals surface area (Å²) in [7, 11) is 0. The summed E-state index contributed by atoms with van der Waals surface area (Å²) in [5.41, 5.74) is 7.85. The third-order valence-electron chi connectivity index (χ3n) is 4.89. The largest absolute Gasteiger partial charge is 0.334 e. The van der Waals surface area contributed by atoms with Crippen LogP contribution in [0.3, 0.4) is 0 Å². The molecule has 0 aliphatic rings. The van der Waals surface area contributed by atoms with Gasteiger partial charge in [0.05, 0.1) is 0 Å². The zero-order chi connectivity index (χ0) is 19.4. The fourth-order valence-electron chi connectivity index (χ4n) is 3.27. The van der Waals surface area contributed by atoms with Crippen molar-refractivity contribution in [1.82, 2.24) is 9.88 Å². The summed E-state index contributed by atoms with van der Waals surface area (Å²) in [6.45, 7) is 8.87. The number of nitrogens with one attached hydrogen (secondary N) is 2. The number of hydrogen-bond donors (Lipinski definition) is 2. The molecule has 0 saturated heterocycles. The molecular formula is C23H27N3O. The van der Waals surface area contributed by atoms with E-state index in [4.69, 9.17) is 0 Å². The number of nitrogens with zero attached hydrogens (tertiary/aromatic N) is 1. The van der Waals surface area contributed by atoms with Gasteiger partial charge in [0, 0.05) is 29.3 Å². The van der Waals surface area contributed by atoms with Crippen molar-refractivity contribution in [2.75, 3.05) is 5.32 Å². The molecule has 2 N–H and O–H groups in total. The van der Waals surface area contributed by atoms with Crippen molar-refractivity contribution in [3.8, 4) is 5.69 Å². The highest BCUT2D eigenvalue weighted by Gasteiger charge is 2.11. The molecule has 0 unspecified atom stereocenters. The molecule has 2 amide bonds. The second kappa shape index (κ2) is 8.12. The van der Waals surface area contributed by atoms with E-state index in [0.29, 0.717) is 6.54 Å². The van der Waals surface area contributed by atoms with Crippen LogP contribution in [0.25, 0.3) is 5.69 Å². The van der Waals surface area contributed by atoms with E-state index in [1.807, 2.05) is 24.3 Å². The Balaban J connectivity index is 1.66. The minimum absolute atomic E-state index is 0.195. The first-order chi connectivity index (χ1) is 13.0. The average molecular weight is 361 g/mol. The predicted molar refractivity (Wildman–Crippen MR) is 112 cm³/mol. The molecule has 1 heterocycles. The topological polar surface area (TPSA) is 46.1 Å². The minimum atomic E-state index is -0.195. The van der Waals surface area contributed by atoms with E-state index in [0.717, 1.165) is 34.7 Å². The normalized spacial score (nSPS) is 10.7. The number of aryl methyl sites for hydroxylation is 3. The highest BCUT2D eigenvalue weighted by atomic mass is 16.2. The Labute approximate surface area is 161 Å². The van der Waals surface area contributed by atoms with E-state index in [2.05, 4.69) is 73.2 Å². The molecule has 0 aliphatic heterocycles. The molecule has 4 heteroatoms. The Morgan fingerprint density at radius 1 is 0.963 bits per heavy atom. The van der Waals surface area contributed by atoms with Crippen LogP contribution in [0.4, 0.5) is 10.5 Å². The van der Waals surface area contributed by atoms with Crippen LogP contribution in [-0.2, 0) is 13.0 Å². The van der Waals surface area contributed by atoms with E-state index in [-0.39, 0.29) is 6.03 Å². The molecule has 2 aromatic carbocycles. The SMILES string of the molecule is CCc1ccc(NC(=O)NCc2cc(C)n(-c3ccc(C)cc3)c2C)cc1. The fourth-order valence-corrected chi connectivity index (χ4v) is 3.27. The van der Waals surface area contributed by atoms with Crippen LogP contribution in [0.1, 0.15) is 35.0 Å². The lowest BCUT2D eigenvalue weighted by Crippen LogP contribution is -2.28. The molecule has 0 atom stereocenters. The summed E-state index contributed by atoms with van der Waals surface area (Å²) in [4.78, 5) is 12.2. The number of aromatic nitrogens is 1. The van der Waals surface area contributed by atoms with Crippen molar-refractivity contribution in [3.63, 3.8) is 0 Å². The lowest BCUT2D eigenvalue weighted by Gasteiger charge is -2.11. The molecule has 1 aromatic heterocycles. The minimum Gasteiger partial charge on any atom is -0.334 e. The molecule has 3 rings (SSSR count). The van der Waals surface area contributed by atoms with Gasteiger partial charge in [-0.2, -0.15) is 0 Å². The van der Waals surface area contributed by atoms with E-state index in [9.17, 15) is 4.79 Å². The maximum absolute atomic E-state index is 12.2. The number of anilines is 1. The first-order valence-corrected chi connectivity index (χ1v) is 9.36. The van der Waals surface area contributed by atoms with Gasteiger partial charge in [-0.3, -0.25) is 0 Å². The van der Waals surface area contributed by atoms with Gasteiger partial charge in [-0.05, 0) is 68.7 Å². The van der Waals surface area contributed by atoms with Crippen LogP contribution in [0.2, 0.25) is 0 Å². The highest BCUT2D eigenvalue weighted by Crippen LogP contribution is 2.21. The number of carbonyl (C=O) groups is 1. The Bertz CT molecular complexity index is 922. The van der Waals surface area contributed by atoms with Gasteiger partial charge in [0.2, 0.25) is 0 Å². The lowest BCUT2D eigenvalue weighted by atomic mass is 10.1. The maximum atomic E-state index is 12.2. The van der Waals surface area contributed by atoms with Gasteiger partial charge in [-0.25, -0.2) is 4.79 Å². The zero-order valence-electron chi connectivity index (χ0n) is 16.5. The third-order valence-corrected chi connectivity index (χ3v) is 4.89. The number of urea groups is 1. The van der Waals surface area contributed by atoms with Crippen molar-refractivity contribution in [2.24, 2.45) is 0 Å². The van der Waals surface area contributed by atoms with Crippen molar-refractivity contribution >= 4 is 11.7 Å². The van der Waals surface area contributed by atoms with Crippen LogP contribution < -0.4 is 10.6 Å². The van der Waals surface area contributed by atoms with Gasteiger partial charge in [0.25, 0.3) is 0 Å². The number of amides is 2. The van der Waals surface area contributed by atoms with Crippen molar-refractivity contribution in [2.45, 2.75) is 40.7 Å². The predicted octanol–water partition coefficient (Wildman–Crippen LogP) is 5.29. The van der Waals surface area contributed by atoms with Gasteiger partial charge >= 0.3 is 6.03 Å². The Morgan fingerprint density at radius 3 is 2.26 bits per heavy atom. The van der Waals surface area contributed by atoms with Gasteiger partial charge in [0.1, 0.15) is 0 Å². The average Bonchev–Trinajstić information content (AvgIpc) is 2.95. The number of carbonyl (C=O) groups excluding carboxylic acids is 1. The quantitative estimate of drug-likeness (QED) is 0.637. The number of hydrogen-bond acceptors (Lipinski definition) is 1. The second-order valence-corrected chi connectivity index (χ2v) is 6.93. The molecule has 140 valence electrons. The summed E-state index contributed by atoms with van der Waals surface area (Å²) in [6, 6.07) is 18.3. The lowest BCUT2D eigenvalue weighted by molar-refractivity contribution is 0.251. The summed E-state index contributed by atoms with van der Waals surface area (Å²) in [6.07, 6.45) is 0.989. The second-order valence-electron chi connectivity index (χ2n) is 6.93. The standard InChI is InChI=1S/C23H27N3O/c1-5-19-8-10-21(11-9-19)25-23(27)24-15-20-14-17(3)26(18(20)4)22-12-6-16(2)7-13-22/h6-14H,5,15H2,1-4H3,(H2,24,25,27). The van der Waals surface area contributed by atoms with Gasteiger partial charge in [-0.1, -0.05) is 36.8 Å². The van der Waals surface area contributed by atoms with E-state index >= 15 is 0 Å². The summed E-state index contributed by atoms with van der Waals surface area (Å²) < 4.78 is 2.22. The first kappa shape index (κ1) is 18.8. The summed E-state index contributed by atoms with van der Waals surface area (Å²) in [5.74, 6) is 0. The van der Waals surface area contributed by atoms with E-state index < -0.39 is 0 Å². The van der Waals surface area contributed by atoms with Gasteiger partial charge in [-0.15, -0.1) is 0 Å². The molecular weight excluding hydrogens is 334 g/mol. The van der Waals surface area contributed by atoms with Crippen LogP contribution in [0, 0.1) is 20.8 Å². The van der Waals surface area contributed by atoms with Crippen molar-refractivity contribution in [1.29, 1.82) is 0 Å². The summed E-state index contributed by atoms with van der Waals surface area (Å²) >= 11 is 0. The Kier molecular flexibility index (Phi) is 5.65. The number of rotatable bonds is 5. The molecule has 27 heavy (non-hydrogen) atoms. The molecule has 0 radical (unpaired) electrons. The Morgan fingerprint density at radius 2 is 1.63 bits per heavy atom. The van der Waals surface area contributed by atoms with Crippen molar-refractivity contribution < 1.29 is 4.79 Å². The van der Waals surface area contributed by atoms with Crippen molar-refractivity contribution in [3.05, 3.63) is 82.7 Å². The maximum Gasteiger partial charge on any atom is 0.319 e. The smallest absolute Gasteiger partial charge is 0.319 e. The van der Waals surface area contributed by atoms with Crippen LogP contribution in [-0.4, -0.2) is 10.6 Å². The van der Waals surface area contributed by atoms with Crippen LogP contribution in [0.5, 0.6) is 0 Å². The molecule has 0 bridgehead atoms. The number of benzene rings is 2. The third kappa shape index (κ3) is 4.40. The molecule has 4 nitrogen and oxygen atoms in total. The van der Waals surface area contributed by atoms with E-state index in [1.165, 1.54) is 11.1 Å². The van der Waals surface area contributed by atoms with Gasteiger partial charge in [0.15, 0.2) is 0 Å². The zero-order valence-corrected chi connectivity index (χ0v) is 16.5. The molecule has 0 fully saturated rings. The molecule has 3 aromatic rings. The molecule has 0 spiro atoms. The monoisotopic (exact) mass is 361 g/mol. The summed E-state index contributed by atoms with van der Waals surface area (Å²) in [5, 5.41) is 5.84. The first-order valence-electron chi connectivity index (χ1n) is 9.36.